The van der Waals surface area contributed by atoms with Gasteiger partial charge in [0.2, 0.25) is 0 Å². The smallest absolute Gasteiger partial charge is 0.257 e. The van der Waals surface area contributed by atoms with Gasteiger partial charge in [0, 0.05) is 12.6 Å². The first-order valence-corrected chi connectivity index (χ1v) is 6.08. The molecule has 0 aliphatic carbocycles. The second kappa shape index (κ2) is 5.96. The van der Waals surface area contributed by atoms with Crippen LogP contribution in [0.2, 0.25) is 0 Å². The number of amides is 1. The predicted octanol–water partition coefficient (Wildman–Crippen LogP) is 2.37. The minimum atomic E-state index is -0.635. The molecule has 1 aromatic carbocycles. The normalized spacial score (nSPS) is 12.6. The van der Waals surface area contributed by atoms with Crippen LogP contribution in [0, 0.1) is 12.7 Å². The van der Waals surface area contributed by atoms with Crippen LogP contribution in [0.1, 0.15) is 36.7 Å². The van der Waals surface area contributed by atoms with Gasteiger partial charge in [-0.2, -0.15) is 0 Å². The molecule has 3 nitrogen and oxygen atoms in total. The number of halogens is 1. The first kappa shape index (κ1) is 14.6. The molecule has 1 amide bonds. The number of aliphatic hydroxyl groups is 1. The molecule has 100 valence electrons. The van der Waals surface area contributed by atoms with Crippen LogP contribution in [-0.2, 0) is 0 Å². The Labute approximate surface area is 107 Å². The average Bonchev–Trinajstić information content (AvgIpc) is 2.28. The molecule has 0 saturated heterocycles. The highest BCUT2D eigenvalue weighted by Gasteiger charge is 2.23. The van der Waals surface area contributed by atoms with Gasteiger partial charge in [-0.05, 0) is 39.3 Å². The fourth-order valence-electron chi connectivity index (χ4n) is 1.78. The molecule has 1 rings (SSSR count). The number of carbonyl (C=O) groups is 1. The summed E-state index contributed by atoms with van der Waals surface area (Å²) in [6.07, 6.45) is -0.635. The number of carbonyl (C=O) groups excluding carboxylic acids is 1. The van der Waals surface area contributed by atoms with Crippen molar-refractivity contribution in [2.45, 2.75) is 39.8 Å². The monoisotopic (exact) mass is 253 g/mol. The highest BCUT2D eigenvalue weighted by molar-refractivity contribution is 5.94. The third kappa shape index (κ3) is 3.29. The van der Waals surface area contributed by atoms with Crippen molar-refractivity contribution in [3.05, 3.63) is 35.1 Å². The summed E-state index contributed by atoms with van der Waals surface area (Å²) >= 11 is 0. The summed E-state index contributed by atoms with van der Waals surface area (Å²) in [7, 11) is 0. The predicted molar refractivity (Wildman–Crippen MR) is 69.0 cm³/mol. The van der Waals surface area contributed by atoms with Crippen LogP contribution in [0.15, 0.2) is 18.2 Å². The van der Waals surface area contributed by atoms with Gasteiger partial charge in [0.05, 0.1) is 11.7 Å². The van der Waals surface area contributed by atoms with Crippen molar-refractivity contribution in [3.8, 4) is 0 Å². The summed E-state index contributed by atoms with van der Waals surface area (Å²) < 4.78 is 13.9. The number of nitrogens with zero attached hydrogens (tertiary/aromatic N) is 1. The SMILES string of the molecule is Cc1cccc(C(=O)N(CC(C)O)C(C)C)c1F. The zero-order chi connectivity index (χ0) is 13.9. The summed E-state index contributed by atoms with van der Waals surface area (Å²) in [6, 6.07) is 4.67. The molecule has 0 aliphatic heterocycles. The lowest BCUT2D eigenvalue weighted by Crippen LogP contribution is -2.41. The van der Waals surface area contributed by atoms with Crippen LogP contribution in [0.3, 0.4) is 0 Å². The van der Waals surface area contributed by atoms with Crippen molar-refractivity contribution >= 4 is 5.91 Å². The molecule has 0 heterocycles. The third-order valence-electron chi connectivity index (χ3n) is 2.77. The maximum Gasteiger partial charge on any atom is 0.257 e. The number of hydrogen-bond donors (Lipinski definition) is 1. The van der Waals surface area contributed by atoms with Gasteiger partial charge in [0.15, 0.2) is 0 Å². The van der Waals surface area contributed by atoms with E-state index in [4.69, 9.17) is 0 Å². The quantitative estimate of drug-likeness (QED) is 0.895. The highest BCUT2D eigenvalue weighted by atomic mass is 19.1. The lowest BCUT2D eigenvalue weighted by Gasteiger charge is -2.28. The molecule has 1 unspecified atom stereocenters. The van der Waals surface area contributed by atoms with Gasteiger partial charge in [-0.15, -0.1) is 0 Å². The van der Waals surface area contributed by atoms with E-state index >= 15 is 0 Å². The Morgan fingerprint density at radius 1 is 1.39 bits per heavy atom. The number of benzene rings is 1. The van der Waals surface area contributed by atoms with Crippen LogP contribution < -0.4 is 0 Å². The molecule has 1 N–H and O–H groups in total. The fraction of sp³-hybridized carbons (Fsp3) is 0.500. The summed E-state index contributed by atoms with van der Waals surface area (Å²) in [5.74, 6) is -0.870. The van der Waals surface area contributed by atoms with E-state index in [1.54, 1.807) is 26.0 Å². The van der Waals surface area contributed by atoms with Crippen molar-refractivity contribution < 1.29 is 14.3 Å². The molecular formula is C14H20FNO2. The topological polar surface area (TPSA) is 40.5 Å². The lowest BCUT2D eigenvalue weighted by molar-refractivity contribution is 0.0574. The van der Waals surface area contributed by atoms with Crippen molar-refractivity contribution in [3.63, 3.8) is 0 Å². The Balaban J connectivity index is 3.06. The van der Waals surface area contributed by atoms with Crippen LogP contribution >= 0.6 is 0 Å². The Morgan fingerprint density at radius 3 is 2.50 bits per heavy atom. The molecule has 0 saturated carbocycles. The van der Waals surface area contributed by atoms with Crippen LogP contribution in [-0.4, -0.2) is 34.6 Å². The van der Waals surface area contributed by atoms with Gasteiger partial charge in [-0.3, -0.25) is 4.79 Å². The van der Waals surface area contributed by atoms with E-state index in [9.17, 15) is 14.3 Å². The number of aryl methyl sites for hydroxylation is 1. The first-order chi connectivity index (χ1) is 8.34. The van der Waals surface area contributed by atoms with Crippen LogP contribution in [0.25, 0.3) is 0 Å². The minimum absolute atomic E-state index is 0.0596. The van der Waals surface area contributed by atoms with E-state index in [0.29, 0.717) is 5.56 Å². The van der Waals surface area contributed by atoms with Crippen LogP contribution in [0.4, 0.5) is 4.39 Å². The molecule has 0 bridgehead atoms. The molecule has 0 aliphatic rings. The molecule has 0 radical (unpaired) electrons. The summed E-state index contributed by atoms with van der Waals surface area (Å²) in [6.45, 7) is 7.11. The molecule has 0 spiro atoms. The molecule has 4 heteroatoms. The summed E-state index contributed by atoms with van der Waals surface area (Å²) in [5, 5.41) is 9.40. The number of aliphatic hydroxyl groups excluding tert-OH is 1. The zero-order valence-electron chi connectivity index (χ0n) is 11.3. The Kier molecular flexibility index (Phi) is 4.84. The third-order valence-corrected chi connectivity index (χ3v) is 2.77. The minimum Gasteiger partial charge on any atom is -0.392 e. The lowest BCUT2D eigenvalue weighted by atomic mass is 10.1. The molecular weight excluding hydrogens is 233 g/mol. The average molecular weight is 253 g/mol. The van der Waals surface area contributed by atoms with Gasteiger partial charge in [0.1, 0.15) is 5.82 Å². The van der Waals surface area contributed by atoms with Gasteiger partial charge in [-0.1, -0.05) is 12.1 Å². The van der Waals surface area contributed by atoms with E-state index in [2.05, 4.69) is 0 Å². The standard InChI is InChI=1S/C14H20FNO2/c1-9(2)16(8-11(4)17)14(18)12-7-5-6-10(3)13(12)15/h5-7,9,11,17H,8H2,1-4H3. The number of hydrogen-bond acceptors (Lipinski definition) is 2. The van der Waals surface area contributed by atoms with Gasteiger partial charge in [0.25, 0.3) is 5.91 Å². The Bertz CT molecular complexity index is 430. The Hall–Kier alpha value is -1.42. The van der Waals surface area contributed by atoms with E-state index in [-0.39, 0.29) is 24.1 Å². The maximum absolute atomic E-state index is 13.9. The molecule has 0 aromatic heterocycles. The van der Waals surface area contributed by atoms with E-state index in [0.717, 1.165) is 0 Å². The highest BCUT2D eigenvalue weighted by Crippen LogP contribution is 2.16. The Morgan fingerprint density at radius 2 is 2.00 bits per heavy atom. The molecule has 1 aromatic rings. The summed E-state index contributed by atoms with van der Waals surface area (Å²) in [4.78, 5) is 13.7. The van der Waals surface area contributed by atoms with Crippen molar-refractivity contribution in [2.75, 3.05) is 6.54 Å². The molecule has 1 atom stereocenters. The zero-order valence-corrected chi connectivity index (χ0v) is 11.3. The van der Waals surface area contributed by atoms with Crippen molar-refractivity contribution in [1.29, 1.82) is 0 Å². The van der Waals surface area contributed by atoms with E-state index in [1.807, 2.05) is 13.8 Å². The second-order valence-electron chi connectivity index (χ2n) is 4.84. The van der Waals surface area contributed by atoms with Crippen LogP contribution in [0.5, 0.6) is 0 Å². The van der Waals surface area contributed by atoms with E-state index in [1.165, 1.54) is 11.0 Å². The largest absolute Gasteiger partial charge is 0.392 e. The number of rotatable bonds is 4. The van der Waals surface area contributed by atoms with Crippen molar-refractivity contribution in [2.24, 2.45) is 0 Å². The summed E-state index contributed by atoms with van der Waals surface area (Å²) in [5.41, 5.74) is 0.506. The second-order valence-corrected chi connectivity index (χ2v) is 4.84. The molecule has 0 fully saturated rings. The maximum atomic E-state index is 13.9. The van der Waals surface area contributed by atoms with Gasteiger partial charge >= 0.3 is 0 Å². The van der Waals surface area contributed by atoms with Crippen molar-refractivity contribution in [1.82, 2.24) is 4.90 Å². The first-order valence-electron chi connectivity index (χ1n) is 6.08. The fourth-order valence-corrected chi connectivity index (χ4v) is 1.78. The molecule has 18 heavy (non-hydrogen) atoms. The van der Waals surface area contributed by atoms with Gasteiger partial charge in [-0.25, -0.2) is 4.39 Å². The van der Waals surface area contributed by atoms with E-state index < -0.39 is 11.9 Å². The van der Waals surface area contributed by atoms with Gasteiger partial charge < -0.3 is 10.0 Å².